The van der Waals surface area contributed by atoms with Gasteiger partial charge in [0.2, 0.25) is 5.91 Å². The van der Waals surface area contributed by atoms with Crippen LogP contribution < -0.4 is 16.0 Å². The van der Waals surface area contributed by atoms with Crippen LogP contribution in [0.4, 0.5) is 10.6 Å². The molecule has 1 aromatic carbocycles. The number of nitrogens with zero attached hydrogens (tertiary/aromatic N) is 3. The molecule has 2 heterocycles. The van der Waals surface area contributed by atoms with Crippen molar-refractivity contribution in [2.45, 2.75) is 19.5 Å². The van der Waals surface area contributed by atoms with Gasteiger partial charge in [-0.1, -0.05) is 36.9 Å². The van der Waals surface area contributed by atoms with Crippen molar-refractivity contribution in [3.05, 3.63) is 66.5 Å². The summed E-state index contributed by atoms with van der Waals surface area (Å²) in [7, 11) is 1.80. The van der Waals surface area contributed by atoms with E-state index in [4.69, 9.17) is 0 Å². The number of fused-ring (bicyclic) bond motifs is 1. The van der Waals surface area contributed by atoms with Crippen LogP contribution >= 0.6 is 0 Å². The van der Waals surface area contributed by atoms with Crippen molar-refractivity contribution in [3.63, 3.8) is 0 Å². The van der Waals surface area contributed by atoms with Gasteiger partial charge in [0.15, 0.2) is 0 Å². The average molecular weight is 378 g/mol. The summed E-state index contributed by atoms with van der Waals surface area (Å²) in [5.41, 5.74) is 2.38. The molecule has 144 valence electrons. The highest BCUT2D eigenvalue weighted by Gasteiger charge is 2.14. The Balaban J connectivity index is 1.77. The van der Waals surface area contributed by atoms with E-state index in [0.29, 0.717) is 11.5 Å². The third kappa shape index (κ3) is 4.35. The van der Waals surface area contributed by atoms with Crippen LogP contribution in [0.2, 0.25) is 0 Å². The maximum Gasteiger partial charge on any atom is 0.320 e. The summed E-state index contributed by atoms with van der Waals surface area (Å²) in [6, 6.07) is 10.9. The second kappa shape index (κ2) is 8.34. The predicted octanol–water partition coefficient (Wildman–Crippen LogP) is 2.65. The lowest BCUT2D eigenvalue weighted by atomic mass is 10.1. The first kappa shape index (κ1) is 19.1. The molecule has 0 aliphatic rings. The molecule has 3 rings (SSSR count). The Kier molecular flexibility index (Phi) is 5.69. The molecule has 0 spiro atoms. The number of carbonyl (C=O) groups is 2. The van der Waals surface area contributed by atoms with Gasteiger partial charge in [-0.25, -0.2) is 9.78 Å². The predicted molar refractivity (Wildman–Crippen MR) is 108 cm³/mol. The number of benzene rings is 1. The van der Waals surface area contributed by atoms with Gasteiger partial charge in [-0.15, -0.1) is 0 Å². The molecule has 0 saturated carbocycles. The highest BCUT2D eigenvalue weighted by atomic mass is 16.2. The topological polar surface area (TPSA) is 101 Å². The van der Waals surface area contributed by atoms with E-state index in [0.717, 1.165) is 16.5 Å². The molecule has 0 radical (unpaired) electrons. The van der Waals surface area contributed by atoms with E-state index in [1.807, 2.05) is 37.3 Å². The first-order chi connectivity index (χ1) is 13.5. The van der Waals surface area contributed by atoms with Gasteiger partial charge in [0.05, 0.1) is 30.0 Å². The Labute approximate surface area is 162 Å². The van der Waals surface area contributed by atoms with E-state index in [1.165, 1.54) is 6.08 Å². The summed E-state index contributed by atoms with van der Waals surface area (Å²) in [5.74, 6) is 0.0750. The number of pyridine rings is 1. The third-order valence-electron chi connectivity index (χ3n) is 4.29. The number of aryl methyl sites for hydroxylation is 1. The molecule has 3 aromatic rings. The first-order valence-electron chi connectivity index (χ1n) is 8.82. The van der Waals surface area contributed by atoms with Crippen LogP contribution in [0.15, 0.2) is 55.3 Å². The number of hydrogen-bond acceptors (Lipinski definition) is 4. The van der Waals surface area contributed by atoms with E-state index in [1.54, 1.807) is 24.0 Å². The van der Waals surface area contributed by atoms with Crippen molar-refractivity contribution < 1.29 is 9.59 Å². The minimum absolute atomic E-state index is 0.158. The molecule has 0 fully saturated rings. The number of anilines is 1. The van der Waals surface area contributed by atoms with E-state index in [9.17, 15) is 9.59 Å². The summed E-state index contributed by atoms with van der Waals surface area (Å²) >= 11 is 0. The lowest BCUT2D eigenvalue weighted by Gasteiger charge is -2.15. The van der Waals surface area contributed by atoms with E-state index >= 15 is 0 Å². The number of urea groups is 1. The van der Waals surface area contributed by atoms with Gasteiger partial charge in [0, 0.05) is 12.4 Å². The normalized spacial score (nSPS) is 11.6. The highest BCUT2D eigenvalue weighted by molar-refractivity contribution is 5.92. The summed E-state index contributed by atoms with van der Waals surface area (Å²) in [4.78, 5) is 28.4. The van der Waals surface area contributed by atoms with Crippen molar-refractivity contribution in [2.24, 2.45) is 7.05 Å². The van der Waals surface area contributed by atoms with Crippen molar-refractivity contribution in [2.75, 3.05) is 5.32 Å². The molecule has 0 bridgehead atoms. The van der Waals surface area contributed by atoms with E-state index < -0.39 is 0 Å². The van der Waals surface area contributed by atoms with Crippen LogP contribution in [0.1, 0.15) is 24.2 Å². The number of carbonyl (C=O) groups excluding carboxylic acids is 2. The highest BCUT2D eigenvalue weighted by Crippen LogP contribution is 2.21. The molecule has 0 saturated heterocycles. The molecule has 2 aromatic heterocycles. The molecular formula is C20H22N6O2. The first-order valence-corrected chi connectivity index (χ1v) is 8.82. The fourth-order valence-electron chi connectivity index (χ4n) is 2.90. The monoisotopic (exact) mass is 378 g/mol. The molecule has 8 heteroatoms. The summed E-state index contributed by atoms with van der Waals surface area (Å²) in [6.07, 6.45) is 2.88. The summed E-state index contributed by atoms with van der Waals surface area (Å²) in [6.45, 7) is 5.54. The number of rotatable bonds is 6. The van der Waals surface area contributed by atoms with Gasteiger partial charge in [0.1, 0.15) is 5.82 Å². The Bertz CT molecular complexity index is 1010. The lowest BCUT2D eigenvalue weighted by Crippen LogP contribution is -2.31. The fourth-order valence-corrected chi connectivity index (χ4v) is 2.90. The van der Waals surface area contributed by atoms with Crippen LogP contribution in [-0.2, 0) is 18.4 Å². The average Bonchev–Trinajstić information content (AvgIpc) is 3.07. The number of hydrogen-bond donors (Lipinski definition) is 3. The maximum absolute atomic E-state index is 12.4. The Hall–Kier alpha value is -3.68. The van der Waals surface area contributed by atoms with Crippen molar-refractivity contribution in [1.29, 1.82) is 0 Å². The van der Waals surface area contributed by atoms with Crippen molar-refractivity contribution in [3.8, 4) is 0 Å². The van der Waals surface area contributed by atoms with E-state index in [2.05, 4.69) is 32.6 Å². The molecule has 3 amide bonds. The van der Waals surface area contributed by atoms with Crippen molar-refractivity contribution in [1.82, 2.24) is 25.4 Å². The minimum Gasteiger partial charge on any atom is -0.347 e. The number of nitrogens with one attached hydrogen (secondary N) is 3. The van der Waals surface area contributed by atoms with Crippen LogP contribution in [0.25, 0.3) is 10.9 Å². The zero-order chi connectivity index (χ0) is 20.1. The van der Waals surface area contributed by atoms with Gasteiger partial charge < -0.3 is 10.6 Å². The standard InChI is InChI=1S/C20H22N6O2/c1-4-18(27)21-12-16-19-15(11-22-26(19)3)10-17(24-16)25-20(28)23-13(2)14-8-6-5-7-9-14/h4-11,13H,1,12H2,2-3H3,(H,21,27)(H2,23,24,25,28). The van der Waals surface area contributed by atoms with Gasteiger partial charge in [-0.05, 0) is 24.6 Å². The van der Waals surface area contributed by atoms with Crippen molar-refractivity contribution >= 4 is 28.7 Å². The molecular weight excluding hydrogens is 356 g/mol. The molecule has 0 aliphatic carbocycles. The molecule has 8 nitrogen and oxygen atoms in total. The third-order valence-corrected chi connectivity index (χ3v) is 4.29. The molecule has 1 unspecified atom stereocenters. The molecule has 0 aliphatic heterocycles. The second-order valence-corrected chi connectivity index (χ2v) is 6.31. The van der Waals surface area contributed by atoms with Crippen LogP contribution in [0.3, 0.4) is 0 Å². The minimum atomic E-state index is -0.367. The quantitative estimate of drug-likeness (QED) is 0.574. The fraction of sp³-hybridized carbons (Fsp3) is 0.200. The van der Waals surface area contributed by atoms with Crippen LogP contribution in [0, 0.1) is 0 Å². The lowest BCUT2D eigenvalue weighted by molar-refractivity contribution is -0.116. The Morgan fingerprint density at radius 2 is 2.04 bits per heavy atom. The Morgan fingerprint density at radius 3 is 2.75 bits per heavy atom. The second-order valence-electron chi connectivity index (χ2n) is 6.31. The number of amides is 3. The summed E-state index contributed by atoms with van der Waals surface area (Å²) < 4.78 is 1.68. The summed E-state index contributed by atoms with van der Waals surface area (Å²) in [5, 5.41) is 13.4. The van der Waals surface area contributed by atoms with Crippen LogP contribution in [-0.4, -0.2) is 26.7 Å². The zero-order valence-corrected chi connectivity index (χ0v) is 15.8. The largest absolute Gasteiger partial charge is 0.347 e. The SMILES string of the molecule is C=CC(=O)NCc1nc(NC(=O)NC(C)c2ccccc2)cc2cnn(C)c12. The van der Waals surface area contributed by atoms with Crippen LogP contribution in [0.5, 0.6) is 0 Å². The van der Waals surface area contributed by atoms with Gasteiger partial charge >= 0.3 is 6.03 Å². The van der Waals surface area contributed by atoms with Gasteiger partial charge in [-0.2, -0.15) is 5.10 Å². The molecule has 28 heavy (non-hydrogen) atoms. The maximum atomic E-state index is 12.4. The number of aromatic nitrogens is 3. The van der Waals surface area contributed by atoms with Gasteiger partial charge in [0.25, 0.3) is 0 Å². The van der Waals surface area contributed by atoms with E-state index in [-0.39, 0.29) is 24.5 Å². The molecule has 3 N–H and O–H groups in total. The van der Waals surface area contributed by atoms with Gasteiger partial charge in [-0.3, -0.25) is 14.8 Å². The molecule has 1 atom stereocenters. The smallest absolute Gasteiger partial charge is 0.320 e. The Morgan fingerprint density at radius 1 is 1.29 bits per heavy atom. The zero-order valence-electron chi connectivity index (χ0n) is 15.8.